The fourth-order valence-corrected chi connectivity index (χ4v) is 4.27. The Labute approximate surface area is 157 Å². The highest BCUT2D eigenvalue weighted by atomic mass is 35.5. The minimum atomic E-state index is -3.56. The van der Waals surface area contributed by atoms with Crippen molar-refractivity contribution >= 4 is 45.1 Å². The second kappa shape index (κ2) is 8.19. The van der Waals surface area contributed by atoms with E-state index in [4.69, 9.17) is 23.2 Å². The van der Waals surface area contributed by atoms with E-state index in [2.05, 4.69) is 4.99 Å². The summed E-state index contributed by atoms with van der Waals surface area (Å²) in [5.74, 6) is -0.137. The van der Waals surface area contributed by atoms with E-state index in [9.17, 15) is 13.5 Å². The molecular formula is C17H18Cl2N2O3S. The number of nitrogens with zero attached hydrogens (tertiary/aromatic N) is 2. The second-order valence-corrected chi connectivity index (χ2v) is 7.95. The Hall–Kier alpha value is -1.60. The fourth-order valence-electron chi connectivity index (χ4n) is 2.27. The first-order valence-electron chi connectivity index (χ1n) is 7.61. The minimum absolute atomic E-state index is 0.117. The van der Waals surface area contributed by atoms with E-state index in [1.165, 1.54) is 34.8 Å². The first-order valence-corrected chi connectivity index (χ1v) is 9.81. The Morgan fingerprint density at radius 1 is 1.16 bits per heavy atom. The molecule has 0 fully saturated rings. The molecule has 5 nitrogen and oxygen atoms in total. The molecule has 0 heterocycles. The summed E-state index contributed by atoms with van der Waals surface area (Å²) in [4.78, 5) is 4.39. The van der Waals surface area contributed by atoms with Crippen molar-refractivity contribution in [1.82, 2.24) is 4.31 Å². The van der Waals surface area contributed by atoms with Gasteiger partial charge in [-0.15, -0.1) is 0 Å². The summed E-state index contributed by atoms with van der Waals surface area (Å²) < 4.78 is 26.5. The van der Waals surface area contributed by atoms with Crippen LogP contribution in [0.1, 0.15) is 19.4 Å². The predicted molar refractivity (Wildman–Crippen MR) is 102 cm³/mol. The topological polar surface area (TPSA) is 70.0 Å². The third-order valence-electron chi connectivity index (χ3n) is 3.57. The number of phenols is 1. The normalized spacial score (nSPS) is 12.2. The van der Waals surface area contributed by atoms with Gasteiger partial charge in [-0.05, 0) is 30.3 Å². The number of hydrogen-bond acceptors (Lipinski definition) is 4. The van der Waals surface area contributed by atoms with Gasteiger partial charge in [-0.25, -0.2) is 8.42 Å². The van der Waals surface area contributed by atoms with Crippen molar-refractivity contribution in [2.24, 2.45) is 4.99 Å². The van der Waals surface area contributed by atoms with Gasteiger partial charge in [0.15, 0.2) is 0 Å². The lowest BCUT2D eigenvalue weighted by Gasteiger charge is -2.18. The Kier molecular flexibility index (Phi) is 6.46. The van der Waals surface area contributed by atoms with Gasteiger partial charge in [-0.1, -0.05) is 43.1 Å². The van der Waals surface area contributed by atoms with Crippen molar-refractivity contribution in [1.29, 1.82) is 0 Å². The van der Waals surface area contributed by atoms with Crippen LogP contribution in [-0.2, 0) is 10.0 Å². The quantitative estimate of drug-likeness (QED) is 0.726. The number of sulfonamides is 1. The number of benzene rings is 2. The first kappa shape index (κ1) is 19.7. The highest BCUT2D eigenvalue weighted by Gasteiger charge is 2.21. The summed E-state index contributed by atoms with van der Waals surface area (Å²) in [5.41, 5.74) is 0.776. The summed E-state index contributed by atoms with van der Waals surface area (Å²) in [7, 11) is -3.56. The molecule has 2 rings (SSSR count). The zero-order chi connectivity index (χ0) is 18.6. The lowest BCUT2D eigenvalue weighted by atomic mass is 10.2. The summed E-state index contributed by atoms with van der Waals surface area (Å²) in [6, 6.07) is 9.23. The summed E-state index contributed by atoms with van der Waals surface area (Å²) >= 11 is 11.8. The van der Waals surface area contributed by atoms with Crippen molar-refractivity contribution in [3.05, 3.63) is 52.0 Å². The fraction of sp³-hybridized carbons (Fsp3) is 0.235. The van der Waals surface area contributed by atoms with E-state index in [0.717, 1.165) is 0 Å². The molecule has 8 heteroatoms. The number of rotatable bonds is 6. The molecule has 0 aliphatic rings. The number of aromatic hydroxyl groups is 1. The highest BCUT2D eigenvalue weighted by molar-refractivity contribution is 7.89. The van der Waals surface area contributed by atoms with Gasteiger partial charge in [0, 0.05) is 29.9 Å². The monoisotopic (exact) mass is 400 g/mol. The largest absolute Gasteiger partial charge is 0.506 e. The van der Waals surface area contributed by atoms with Crippen molar-refractivity contribution < 1.29 is 13.5 Å². The number of phenolic OH excluding ortho intramolecular Hbond substituents is 1. The highest BCUT2D eigenvalue weighted by Crippen LogP contribution is 2.30. The molecule has 1 N–H and O–H groups in total. The van der Waals surface area contributed by atoms with E-state index in [0.29, 0.717) is 29.4 Å². The Morgan fingerprint density at radius 2 is 1.84 bits per heavy atom. The van der Waals surface area contributed by atoms with Crippen LogP contribution in [0, 0.1) is 0 Å². The van der Waals surface area contributed by atoms with Gasteiger partial charge in [0.2, 0.25) is 10.0 Å². The maximum Gasteiger partial charge on any atom is 0.243 e. The second-order valence-electron chi connectivity index (χ2n) is 5.17. The van der Waals surface area contributed by atoms with E-state index >= 15 is 0 Å². The number of hydrogen-bond donors (Lipinski definition) is 1. The SMILES string of the molecule is CCN(CC)S(=O)(=O)c1cccc(N=Cc2cc(Cl)cc(Cl)c2O)c1. The van der Waals surface area contributed by atoms with Crippen LogP contribution >= 0.6 is 23.2 Å². The Morgan fingerprint density at radius 3 is 2.48 bits per heavy atom. The van der Waals surface area contributed by atoms with Gasteiger partial charge in [0.25, 0.3) is 0 Å². The molecule has 0 amide bonds. The van der Waals surface area contributed by atoms with E-state index in [1.54, 1.807) is 26.0 Å². The molecule has 0 aromatic heterocycles. The van der Waals surface area contributed by atoms with E-state index < -0.39 is 10.0 Å². The van der Waals surface area contributed by atoms with Crippen molar-refractivity contribution in [2.45, 2.75) is 18.7 Å². The van der Waals surface area contributed by atoms with Gasteiger partial charge >= 0.3 is 0 Å². The average molecular weight is 401 g/mol. The molecule has 0 aliphatic heterocycles. The molecule has 0 bridgehead atoms. The molecule has 2 aromatic rings. The third kappa shape index (κ3) is 4.52. The van der Waals surface area contributed by atoms with Gasteiger partial charge in [0.05, 0.1) is 15.6 Å². The standard InChI is InChI=1S/C17H18Cl2N2O3S/c1-3-21(4-2)25(23,24)15-7-5-6-14(10-15)20-11-12-8-13(18)9-16(19)17(12)22/h5-11,22H,3-4H2,1-2H3. The Bertz CT molecular complexity index is 895. The summed E-state index contributed by atoms with van der Waals surface area (Å²) in [6.07, 6.45) is 1.39. The van der Waals surface area contributed by atoms with Crippen LogP contribution in [-0.4, -0.2) is 37.1 Å². The summed E-state index contributed by atoms with van der Waals surface area (Å²) in [6.45, 7) is 4.35. The van der Waals surface area contributed by atoms with Gasteiger partial charge < -0.3 is 5.11 Å². The van der Waals surface area contributed by atoms with E-state index in [-0.39, 0.29) is 15.7 Å². The zero-order valence-electron chi connectivity index (χ0n) is 13.8. The molecule has 134 valence electrons. The Balaban J connectivity index is 2.37. The molecule has 25 heavy (non-hydrogen) atoms. The van der Waals surface area contributed by atoms with Crippen molar-refractivity contribution in [3.8, 4) is 5.75 Å². The van der Waals surface area contributed by atoms with Gasteiger partial charge in [-0.3, -0.25) is 4.99 Å². The molecular weight excluding hydrogens is 383 g/mol. The molecule has 0 unspecified atom stereocenters. The van der Waals surface area contributed by atoms with Crippen LogP contribution in [0.4, 0.5) is 5.69 Å². The van der Waals surface area contributed by atoms with Crippen molar-refractivity contribution in [3.63, 3.8) is 0 Å². The maximum absolute atomic E-state index is 12.6. The lowest BCUT2D eigenvalue weighted by Crippen LogP contribution is -2.30. The molecule has 0 saturated heterocycles. The molecule has 0 atom stereocenters. The number of aliphatic imine (C=N–C) groups is 1. The smallest absolute Gasteiger partial charge is 0.243 e. The molecule has 2 aromatic carbocycles. The predicted octanol–water partition coefficient (Wildman–Crippen LogP) is 4.48. The van der Waals surface area contributed by atoms with E-state index in [1.807, 2.05) is 0 Å². The van der Waals surface area contributed by atoms with Gasteiger partial charge in [0.1, 0.15) is 5.75 Å². The molecule has 0 aliphatic carbocycles. The summed E-state index contributed by atoms with van der Waals surface area (Å²) in [5, 5.41) is 10.4. The third-order valence-corrected chi connectivity index (χ3v) is 6.12. The molecule has 0 radical (unpaired) electrons. The average Bonchev–Trinajstić information content (AvgIpc) is 2.58. The van der Waals surface area contributed by atoms with Crippen LogP contribution in [0.2, 0.25) is 10.0 Å². The van der Waals surface area contributed by atoms with Crippen LogP contribution < -0.4 is 0 Å². The van der Waals surface area contributed by atoms with Crippen LogP contribution in [0.5, 0.6) is 5.75 Å². The van der Waals surface area contributed by atoms with Crippen LogP contribution in [0.15, 0.2) is 46.3 Å². The minimum Gasteiger partial charge on any atom is -0.506 e. The van der Waals surface area contributed by atoms with Crippen molar-refractivity contribution in [2.75, 3.05) is 13.1 Å². The van der Waals surface area contributed by atoms with Crippen LogP contribution in [0.3, 0.4) is 0 Å². The zero-order valence-corrected chi connectivity index (χ0v) is 16.1. The molecule has 0 saturated carbocycles. The lowest BCUT2D eigenvalue weighted by molar-refractivity contribution is 0.445. The molecule has 0 spiro atoms. The first-order chi connectivity index (χ1) is 11.8. The van der Waals surface area contributed by atoms with Crippen LogP contribution in [0.25, 0.3) is 0 Å². The maximum atomic E-state index is 12.6. The van der Waals surface area contributed by atoms with Gasteiger partial charge in [-0.2, -0.15) is 4.31 Å². The number of halogens is 2.